The van der Waals surface area contributed by atoms with Gasteiger partial charge in [-0.2, -0.15) is 0 Å². The average molecular weight is 250 g/mol. The number of carbonyl (C=O) groups excluding carboxylic acids is 1. The third kappa shape index (κ3) is 4.33. The molecule has 0 spiro atoms. The van der Waals surface area contributed by atoms with Crippen molar-refractivity contribution in [1.29, 1.82) is 0 Å². The number of nitrogens with zero attached hydrogens (tertiary/aromatic N) is 2. The van der Waals surface area contributed by atoms with Crippen molar-refractivity contribution in [3.05, 3.63) is 24.0 Å². The Hall–Kier alpha value is -1.62. The highest BCUT2D eigenvalue weighted by atomic mass is 16.1. The number of nitrogens with one attached hydrogen (secondary N) is 1. The Morgan fingerprint density at radius 1 is 1.44 bits per heavy atom. The normalized spacial score (nSPS) is 12.4. The molecule has 5 nitrogen and oxygen atoms in total. The van der Waals surface area contributed by atoms with Crippen LogP contribution in [0.1, 0.15) is 31.3 Å². The summed E-state index contributed by atoms with van der Waals surface area (Å²) in [5, 5.41) is 2.93. The molecule has 5 heteroatoms. The lowest BCUT2D eigenvalue weighted by atomic mass is 10.2. The Morgan fingerprint density at radius 2 is 2.11 bits per heavy atom. The van der Waals surface area contributed by atoms with Crippen molar-refractivity contribution in [3.63, 3.8) is 0 Å². The fourth-order valence-corrected chi connectivity index (χ4v) is 1.75. The molecule has 1 rings (SSSR count). The first-order chi connectivity index (χ1) is 8.56. The van der Waals surface area contributed by atoms with E-state index in [0.717, 1.165) is 19.6 Å². The van der Waals surface area contributed by atoms with Crippen molar-refractivity contribution in [2.24, 2.45) is 0 Å². The molecular weight excluding hydrogens is 228 g/mol. The van der Waals surface area contributed by atoms with Gasteiger partial charge in [0, 0.05) is 12.6 Å². The molecule has 1 atom stereocenters. The first-order valence-corrected chi connectivity index (χ1v) is 6.31. The molecule has 0 saturated carbocycles. The third-order valence-electron chi connectivity index (χ3n) is 2.82. The van der Waals surface area contributed by atoms with Crippen molar-refractivity contribution in [1.82, 2.24) is 15.2 Å². The summed E-state index contributed by atoms with van der Waals surface area (Å²) in [4.78, 5) is 18.2. The minimum absolute atomic E-state index is 0.0942. The molecule has 0 bridgehead atoms. The van der Waals surface area contributed by atoms with Gasteiger partial charge in [-0.3, -0.25) is 4.79 Å². The van der Waals surface area contributed by atoms with Crippen molar-refractivity contribution in [2.45, 2.75) is 26.8 Å². The van der Waals surface area contributed by atoms with Crippen LogP contribution in [-0.4, -0.2) is 41.5 Å². The Balaban J connectivity index is 2.51. The summed E-state index contributed by atoms with van der Waals surface area (Å²) in [5.41, 5.74) is 6.49. The minimum Gasteiger partial charge on any atom is -0.397 e. The highest BCUT2D eigenvalue weighted by Gasteiger charge is 2.12. The largest absolute Gasteiger partial charge is 0.397 e. The summed E-state index contributed by atoms with van der Waals surface area (Å²) in [6.45, 7) is 9.02. The van der Waals surface area contributed by atoms with Crippen LogP contribution >= 0.6 is 0 Å². The second-order valence-corrected chi connectivity index (χ2v) is 4.34. The lowest BCUT2D eigenvalue weighted by molar-refractivity contribution is 0.0925. The maximum Gasteiger partial charge on any atom is 0.270 e. The molecule has 1 heterocycles. The zero-order chi connectivity index (χ0) is 13.5. The highest BCUT2D eigenvalue weighted by molar-refractivity contribution is 5.92. The molecule has 1 amide bonds. The summed E-state index contributed by atoms with van der Waals surface area (Å²) in [6, 6.07) is 3.41. The highest BCUT2D eigenvalue weighted by Crippen LogP contribution is 2.01. The molecule has 0 fully saturated rings. The van der Waals surface area contributed by atoms with Crippen LogP contribution in [0.3, 0.4) is 0 Å². The van der Waals surface area contributed by atoms with Crippen molar-refractivity contribution < 1.29 is 4.79 Å². The van der Waals surface area contributed by atoms with Gasteiger partial charge in [-0.05, 0) is 32.1 Å². The zero-order valence-electron chi connectivity index (χ0n) is 11.3. The number of aromatic nitrogens is 1. The van der Waals surface area contributed by atoms with Crippen LogP contribution in [0, 0.1) is 0 Å². The predicted molar refractivity (Wildman–Crippen MR) is 73.4 cm³/mol. The van der Waals surface area contributed by atoms with Crippen LogP contribution in [0.5, 0.6) is 0 Å². The second-order valence-electron chi connectivity index (χ2n) is 4.34. The zero-order valence-corrected chi connectivity index (χ0v) is 11.3. The molecular formula is C13H22N4O. The van der Waals surface area contributed by atoms with Crippen LogP contribution < -0.4 is 11.1 Å². The third-order valence-corrected chi connectivity index (χ3v) is 2.82. The molecule has 0 aliphatic heterocycles. The molecule has 0 aromatic carbocycles. The van der Waals surface area contributed by atoms with Gasteiger partial charge in [0.1, 0.15) is 5.69 Å². The van der Waals surface area contributed by atoms with Gasteiger partial charge in [0.15, 0.2) is 0 Å². The average Bonchev–Trinajstić information content (AvgIpc) is 2.36. The van der Waals surface area contributed by atoms with E-state index in [1.807, 2.05) is 6.92 Å². The molecule has 3 N–H and O–H groups in total. The van der Waals surface area contributed by atoms with Gasteiger partial charge in [-0.25, -0.2) is 4.98 Å². The van der Waals surface area contributed by atoms with Crippen molar-refractivity contribution in [2.75, 3.05) is 25.4 Å². The molecule has 1 unspecified atom stereocenters. The van der Waals surface area contributed by atoms with E-state index in [9.17, 15) is 4.79 Å². The maximum atomic E-state index is 11.9. The number of pyridine rings is 1. The molecule has 1 aromatic rings. The fraction of sp³-hybridized carbons (Fsp3) is 0.538. The van der Waals surface area contributed by atoms with E-state index in [1.54, 1.807) is 12.1 Å². The van der Waals surface area contributed by atoms with E-state index < -0.39 is 0 Å². The number of carbonyl (C=O) groups is 1. The van der Waals surface area contributed by atoms with Crippen molar-refractivity contribution >= 4 is 11.6 Å². The topological polar surface area (TPSA) is 71.2 Å². The van der Waals surface area contributed by atoms with Crippen LogP contribution in [-0.2, 0) is 0 Å². The number of rotatable bonds is 6. The van der Waals surface area contributed by atoms with Crippen LogP contribution in [0.4, 0.5) is 5.69 Å². The summed E-state index contributed by atoms with van der Waals surface area (Å²) in [6.07, 6.45) is 1.49. The van der Waals surface area contributed by atoms with Gasteiger partial charge in [0.25, 0.3) is 5.91 Å². The first-order valence-electron chi connectivity index (χ1n) is 6.31. The number of nitrogen functional groups attached to an aromatic ring is 1. The predicted octanol–water partition coefficient (Wildman–Crippen LogP) is 1.12. The molecule has 0 radical (unpaired) electrons. The maximum absolute atomic E-state index is 11.9. The number of anilines is 1. The van der Waals surface area contributed by atoms with Crippen LogP contribution in [0.25, 0.3) is 0 Å². The molecule has 100 valence electrons. The number of nitrogens with two attached hydrogens (primary N) is 1. The smallest absolute Gasteiger partial charge is 0.270 e. The number of amides is 1. The molecule has 0 aliphatic rings. The van der Waals surface area contributed by atoms with E-state index in [2.05, 4.69) is 29.0 Å². The van der Waals surface area contributed by atoms with E-state index in [0.29, 0.717) is 11.4 Å². The summed E-state index contributed by atoms with van der Waals surface area (Å²) >= 11 is 0. The van der Waals surface area contributed by atoms with Gasteiger partial charge < -0.3 is 16.0 Å². The van der Waals surface area contributed by atoms with Crippen molar-refractivity contribution in [3.8, 4) is 0 Å². The molecule has 0 saturated heterocycles. The van der Waals surface area contributed by atoms with E-state index in [4.69, 9.17) is 5.73 Å². The SMILES string of the molecule is CCN(CC)CC(C)NC(=O)c1ccc(N)cn1. The van der Waals surface area contributed by atoms with Gasteiger partial charge in [-0.15, -0.1) is 0 Å². The minimum atomic E-state index is -0.158. The van der Waals surface area contributed by atoms with Gasteiger partial charge >= 0.3 is 0 Å². The van der Waals surface area contributed by atoms with Gasteiger partial charge in [0.2, 0.25) is 0 Å². The number of hydrogen-bond acceptors (Lipinski definition) is 4. The number of likely N-dealkylation sites (N-methyl/N-ethyl adjacent to an activating group) is 1. The molecule has 1 aromatic heterocycles. The molecule has 0 aliphatic carbocycles. The van der Waals surface area contributed by atoms with Crippen LogP contribution in [0.15, 0.2) is 18.3 Å². The standard InChI is InChI=1S/C13H22N4O/c1-4-17(5-2)9-10(3)16-13(18)12-7-6-11(14)8-15-12/h6-8,10H,4-5,9,14H2,1-3H3,(H,16,18). The summed E-state index contributed by atoms with van der Waals surface area (Å²) in [7, 11) is 0. The summed E-state index contributed by atoms with van der Waals surface area (Å²) in [5.74, 6) is -0.158. The summed E-state index contributed by atoms with van der Waals surface area (Å²) < 4.78 is 0. The monoisotopic (exact) mass is 250 g/mol. The van der Waals surface area contributed by atoms with Gasteiger partial charge in [-0.1, -0.05) is 13.8 Å². The first kappa shape index (κ1) is 14.4. The van der Waals surface area contributed by atoms with E-state index in [-0.39, 0.29) is 11.9 Å². The Morgan fingerprint density at radius 3 is 2.61 bits per heavy atom. The number of hydrogen-bond donors (Lipinski definition) is 2. The lowest BCUT2D eigenvalue weighted by Gasteiger charge is -2.23. The van der Waals surface area contributed by atoms with Crippen LogP contribution in [0.2, 0.25) is 0 Å². The van der Waals surface area contributed by atoms with E-state index in [1.165, 1.54) is 6.20 Å². The lowest BCUT2D eigenvalue weighted by Crippen LogP contribution is -2.42. The quantitative estimate of drug-likeness (QED) is 0.794. The Labute approximate surface area is 108 Å². The van der Waals surface area contributed by atoms with Gasteiger partial charge in [0.05, 0.1) is 11.9 Å². The molecule has 18 heavy (non-hydrogen) atoms. The van der Waals surface area contributed by atoms with E-state index >= 15 is 0 Å². The Kier molecular flexibility index (Phi) is 5.58. The fourth-order valence-electron chi connectivity index (χ4n) is 1.75. The second kappa shape index (κ2) is 6.96. The Bertz CT molecular complexity index is 373.